The summed E-state index contributed by atoms with van der Waals surface area (Å²) in [4.78, 5) is 24.3. The smallest absolute Gasteiger partial charge is 0.321 e. The minimum absolute atomic E-state index is 0.00346. The van der Waals surface area contributed by atoms with Crippen molar-refractivity contribution in [2.24, 2.45) is 5.41 Å². The molecule has 0 saturated heterocycles. The van der Waals surface area contributed by atoms with Crippen LogP contribution in [0.1, 0.15) is 76.0 Å². The Labute approximate surface area is 213 Å². The van der Waals surface area contributed by atoms with Crippen LogP contribution < -0.4 is 9.46 Å². The summed E-state index contributed by atoms with van der Waals surface area (Å²) >= 11 is 1.18. The molecule has 0 unspecified atom stereocenters. The number of ether oxygens (including phenoxy) is 1. The number of aliphatic carboxylic acids is 1. The Morgan fingerprint density at radius 2 is 1.69 bits per heavy atom. The zero-order valence-corrected chi connectivity index (χ0v) is 23.4. The van der Waals surface area contributed by atoms with E-state index in [2.05, 4.69) is 18.6 Å². The number of aryl methyl sites for hydroxylation is 2. The number of Topliss-reactive ketones (excluding diaryl/α,β-unsaturated/α-hetero) is 1. The van der Waals surface area contributed by atoms with E-state index < -0.39 is 32.9 Å². The number of carbonyl (C=O) groups is 2. The second-order valence-electron chi connectivity index (χ2n) is 9.99. The maximum Gasteiger partial charge on any atom is 0.321 e. The topological polar surface area (TPSA) is 110 Å². The highest BCUT2D eigenvalue weighted by atomic mass is 32.2. The fourth-order valence-corrected chi connectivity index (χ4v) is 7.19. The van der Waals surface area contributed by atoms with E-state index in [1.165, 1.54) is 18.3 Å². The molecule has 0 spiro atoms. The van der Waals surface area contributed by atoms with Crippen molar-refractivity contribution in [2.45, 2.75) is 83.9 Å². The quantitative estimate of drug-likeness (QED) is 0.418. The number of sulfonamides is 1. The van der Waals surface area contributed by atoms with E-state index in [-0.39, 0.29) is 16.6 Å². The van der Waals surface area contributed by atoms with Gasteiger partial charge in [-0.2, -0.15) is 4.72 Å². The number of thiophene rings is 1. The van der Waals surface area contributed by atoms with Crippen LogP contribution in [0.2, 0.25) is 0 Å². The Bertz CT molecular complexity index is 1190. The van der Waals surface area contributed by atoms with E-state index in [1.54, 1.807) is 6.92 Å². The van der Waals surface area contributed by atoms with Crippen molar-refractivity contribution in [2.75, 3.05) is 6.61 Å². The normalized spacial score (nSPS) is 13.5. The summed E-state index contributed by atoms with van der Waals surface area (Å²) in [5.41, 5.74) is 1.62. The Kier molecular flexibility index (Phi) is 8.95. The minimum atomic E-state index is -3.98. The molecule has 7 nitrogen and oxygen atoms in total. The number of hydrogen-bond donors (Lipinski definition) is 2. The van der Waals surface area contributed by atoms with Gasteiger partial charge in [-0.3, -0.25) is 9.59 Å². The van der Waals surface area contributed by atoms with Crippen molar-refractivity contribution in [1.82, 2.24) is 4.72 Å². The van der Waals surface area contributed by atoms with Crippen LogP contribution in [0.4, 0.5) is 0 Å². The molecular formula is C26H37NO6S2. The molecular weight excluding hydrogens is 486 g/mol. The third-order valence-electron chi connectivity index (χ3n) is 6.42. The van der Waals surface area contributed by atoms with Gasteiger partial charge in [-0.15, -0.1) is 11.3 Å². The average Bonchev–Trinajstić information content (AvgIpc) is 3.16. The lowest BCUT2D eigenvalue weighted by molar-refractivity contribution is -0.138. The van der Waals surface area contributed by atoms with E-state index >= 15 is 0 Å². The van der Waals surface area contributed by atoms with E-state index in [9.17, 15) is 18.0 Å². The van der Waals surface area contributed by atoms with Crippen molar-refractivity contribution in [1.29, 1.82) is 0 Å². The van der Waals surface area contributed by atoms with Gasteiger partial charge in [0.2, 0.25) is 0 Å². The monoisotopic (exact) mass is 523 g/mol. The van der Waals surface area contributed by atoms with Gasteiger partial charge in [0.25, 0.3) is 10.0 Å². The van der Waals surface area contributed by atoms with Gasteiger partial charge in [0, 0.05) is 15.7 Å². The first-order valence-corrected chi connectivity index (χ1v) is 14.0. The fraction of sp³-hybridized carbons (Fsp3) is 0.538. The number of hydrogen-bond acceptors (Lipinski definition) is 6. The van der Waals surface area contributed by atoms with Gasteiger partial charge < -0.3 is 9.84 Å². The number of nitrogens with one attached hydrogen (secondary N) is 1. The maximum atomic E-state index is 12.9. The Morgan fingerprint density at radius 3 is 2.17 bits per heavy atom. The summed E-state index contributed by atoms with van der Waals surface area (Å²) in [5.74, 6) is -0.572. The van der Waals surface area contributed by atoms with Gasteiger partial charge in [-0.05, 0) is 62.4 Å². The van der Waals surface area contributed by atoms with Gasteiger partial charge in [-0.25, -0.2) is 8.42 Å². The predicted octanol–water partition coefficient (Wildman–Crippen LogP) is 5.22. The summed E-state index contributed by atoms with van der Waals surface area (Å²) in [5, 5.41) is 9.12. The fourth-order valence-electron chi connectivity index (χ4n) is 3.92. The third kappa shape index (κ3) is 6.32. The molecule has 2 N–H and O–H groups in total. The van der Waals surface area contributed by atoms with Crippen LogP contribution >= 0.6 is 11.3 Å². The Morgan fingerprint density at radius 1 is 1.09 bits per heavy atom. The molecule has 0 aliphatic rings. The molecule has 1 aromatic heterocycles. The standard InChI is InChI=1S/C26H37NO6S2/c1-9-26(10-2,19-11-12-20(16(3)13-19)33-15-21(28)25(6,7)8)22-14-17(4)24(34-22)35(31,32)27-18(5)23(29)30/h11-14,18,27H,9-10,15H2,1-8H3,(H,29,30)/t18-/m1/s1. The van der Waals surface area contributed by atoms with Gasteiger partial charge in [0.05, 0.1) is 0 Å². The SMILES string of the molecule is CCC(CC)(c1ccc(OCC(=O)C(C)(C)C)c(C)c1)c1cc(C)c(S(=O)(=O)N[C@H](C)C(=O)O)s1. The Balaban J connectivity index is 2.45. The number of carboxylic acids is 1. The molecule has 0 amide bonds. The van der Waals surface area contributed by atoms with Gasteiger partial charge >= 0.3 is 5.97 Å². The molecule has 2 rings (SSSR count). The molecule has 1 aromatic carbocycles. The first-order chi connectivity index (χ1) is 16.1. The molecule has 0 aliphatic heterocycles. The van der Waals surface area contributed by atoms with Crippen molar-refractivity contribution >= 4 is 33.1 Å². The number of benzene rings is 1. The van der Waals surface area contributed by atoms with Gasteiger partial charge in [0.1, 0.15) is 22.6 Å². The second-order valence-corrected chi connectivity index (χ2v) is 13.0. The molecule has 35 heavy (non-hydrogen) atoms. The van der Waals surface area contributed by atoms with Crippen molar-refractivity contribution in [3.05, 3.63) is 45.8 Å². The molecule has 9 heteroatoms. The lowest BCUT2D eigenvalue weighted by atomic mass is 9.74. The Hall–Kier alpha value is -2.23. The average molecular weight is 524 g/mol. The molecule has 0 radical (unpaired) electrons. The van der Waals surface area contributed by atoms with Crippen LogP contribution in [0.25, 0.3) is 0 Å². The van der Waals surface area contributed by atoms with Crippen molar-refractivity contribution < 1.29 is 27.9 Å². The van der Waals surface area contributed by atoms with E-state index in [1.807, 2.05) is 52.0 Å². The van der Waals surface area contributed by atoms with Gasteiger partial charge in [0.15, 0.2) is 5.78 Å². The van der Waals surface area contributed by atoms with Gasteiger partial charge in [-0.1, -0.05) is 46.8 Å². The molecule has 0 bridgehead atoms. The van der Waals surface area contributed by atoms with E-state index in [0.717, 1.165) is 28.8 Å². The highest BCUT2D eigenvalue weighted by Crippen LogP contribution is 2.45. The van der Waals surface area contributed by atoms with Crippen molar-refractivity contribution in [3.63, 3.8) is 0 Å². The van der Waals surface area contributed by atoms with Crippen LogP contribution in [0.15, 0.2) is 28.5 Å². The van der Waals surface area contributed by atoms with E-state index in [0.29, 0.717) is 11.3 Å². The molecule has 0 saturated carbocycles. The molecule has 1 heterocycles. The minimum Gasteiger partial charge on any atom is -0.486 e. The molecule has 0 aliphatic carbocycles. The number of ketones is 1. The summed E-state index contributed by atoms with van der Waals surface area (Å²) < 4.78 is 34.0. The summed E-state index contributed by atoms with van der Waals surface area (Å²) in [6.45, 7) is 14.7. The first-order valence-electron chi connectivity index (χ1n) is 11.7. The lowest BCUT2D eigenvalue weighted by Gasteiger charge is -2.32. The molecule has 2 aromatic rings. The van der Waals surface area contributed by atoms with Crippen LogP contribution in [0.3, 0.4) is 0 Å². The predicted molar refractivity (Wildman–Crippen MR) is 139 cm³/mol. The number of rotatable bonds is 11. The van der Waals surface area contributed by atoms with Crippen LogP contribution in [-0.2, 0) is 25.0 Å². The largest absolute Gasteiger partial charge is 0.486 e. The second kappa shape index (κ2) is 10.8. The van der Waals surface area contributed by atoms with Crippen molar-refractivity contribution in [3.8, 4) is 5.75 Å². The summed E-state index contributed by atoms with van der Waals surface area (Å²) in [6.07, 6.45) is 1.48. The highest BCUT2D eigenvalue weighted by molar-refractivity contribution is 7.91. The van der Waals surface area contributed by atoms with E-state index in [4.69, 9.17) is 9.84 Å². The maximum absolute atomic E-state index is 12.9. The zero-order chi connectivity index (χ0) is 26.8. The van der Waals surface area contributed by atoms with Crippen LogP contribution in [-0.4, -0.2) is 37.9 Å². The number of carbonyl (C=O) groups excluding carboxylic acids is 1. The first kappa shape index (κ1) is 29.0. The third-order valence-corrected chi connectivity index (χ3v) is 10.0. The zero-order valence-electron chi connectivity index (χ0n) is 21.8. The van der Waals surface area contributed by atoms with Crippen LogP contribution in [0, 0.1) is 19.3 Å². The molecule has 0 fully saturated rings. The van der Waals surface area contributed by atoms with Crippen LogP contribution in [0.5, 0.6) is 5.75 Å². The summed E-state index contributed by atoms with van der Waals surface area (Å²) in [7, 11) is -3.98. The number of carboxylic acid groups (broad SMARTS) is 1. The molecule has 194 valence electrons. The molecule has 1 atom stereocenters. The highest BCUT2D eigenvalue weighted by Gasteiger charge is 2.35. The summed E-state index contributed by atoms with van der Waals surface area (Å²) in [6, 6.07) is 6.55. The lowest BCUT2D eigenvalue weighted by Crippen LogP contribution is -2.38.